The van der Waals surface area contributed by atoms with Crippen LogP contribution in [0, 0.1) is 6.92 Å². The van der Waals surface area contributed by atoms with E-state index in [1.54, 1.807) is 0 Å². The van der Waals surface area contributed by atoms with Crippen molar-refractivity contribution in [1.29, 1.82) is 0 Å². The zero-order chi connectivity index (χ0) is 11.5. The van der Waals surface area contributed by atoms with Crippen LogP contribution in [0.25, 0.3) is 5.57 Å². The summed E-state index contributed by atoms with van der Waals surface area (Å²) >= 11 is 4.34. The van der Waals surface area contributed by atoms with Crippen LogP contribution in [0.1, 0.15) is 16.7 Å². The monoisotopic (exact) mass is 226 g/mol. The van der Waals surface area contributed by atoms with Crippen molar-refractivity contribution in [2.75, 3.05) is 0 Å². The van der Waals surface area contributed by atoms with E-state index in [1.165, 1.54) is 5.56 Å². The maximum Gasteiger partial charge on any atom is 0.00461 e. The van der Waals surface area contributed by atoms with Crippen LogP contribution in [0.3, 0.4) is 0 Å². The minimum absolute atomic E-state index is 0.964. The van der Waals surface area contributed by atoms with Crippen molar-refractivity contribution in [1.82, 2.24) is 0 Å². The van der Waals surface area contributed by atoms with E-state index in [1.807, 2.05) is 18.2 Å². The number of aryl methyl sites for hydroxylation is 1. The van der Waals surface area contributed by atoms with Crippen LogP contribution in [0.2, 0.25) is 0 Å². The molecular weight excluding hydrogens is 212 g/mol. The van der Waals surface area contributed by atoms with Crippen molar-refractivity contribution < 1.29 is 0 Å². The maximum absolute atomic E-state index is 4.34. The molecule has 0 heterocycles. The summed E-state index contributed by atoms with van der Waals surface area (Å²) in [5.41, 5.74) is 4.58. The van der Waals surface area contributed by atoms with E-state index >= 15 is 0 Å². The van der Waals surface area contributed by atoms with Gasteiger partial charge in [0.15, 0.2) is 0 Å². The molecule has 0 saturated carbocycles. The number of benzene rings is 2. The fourth-order valence-corrected chi connectivity index (χ4v) is 1.84. The van der Waals surface area contributed by atoms with Gasteiger partial charge in [-0.3, -0.25) is 0 Å². The highest BCUT2D eigenvalue weighted by Gasteiger charge is 2.01. The standard InChI is InChI=1S/C15H14S/c1-11-6-8-13(9-7-11)12(2)14-4-3-5-15(16)10-14/h3-10,16H,2H2,1H3. The van der Waals surface area contributed by atoms with Gasteiger partial charge in [0.25, 0.3) is 0 Å². The molecule has 0 aliphatic carbocycles. The zero-order valence-electron chi connectivity index (χ0n) is 9.27. The molecule has 0 saturated heterocycles. The molecule has 2 aromatic rings. The molecule has 0 fully saturated rings. The van der Waals surface area contributed by atoms with Crippen LogP contribution in [-0.2, 0) is 0 Å². The van der Waals surface area contributed by atoms with E-state index in [-0.39, 0.29) is 0 Å². The Morgan fingerprint density at radius 3 is 2.31 bits per heavy atom. The molecule has 2 rings (SSSR count). The highest BCUT2D eigenvalue weighted by molar-refractivity contribution is 7.80. The molecule has 2 aromatic carbocycles. The lowest BCUT2D eigenvalue weighted by Crippen LogP contribution is -1.86. The van der Waals surface area contributed by atoms with Gasteiger partial charge in [-0.15, -0.1) is 12.6 Å². The van der Waals surface area contributed by atoms with E-state index in [0.29, 0.717) is 0 Å². The summed E-state index contributed by atoms with van der Waals surface area (Å²) in [6, 6.07) is 16.5. The molecule has 0 amide bonds. The van der Waals surface area contributed by atoms with Gasteiger partial charge in [-0.1, -0.05) is 48.5 Å². The molecule has 0 unspecified atom stereocenters. The Hall–Kier alpha value is -1.47. The minimum Gasteiger partial charge on any atom is -0.143 e. The Morgan fingerprint density at radius 2 is 1.69 bits per heavy atom. The van der Waals surface area contributed by atoms with Gasteiger partial charge in [0.1, 0.15) is 0 Å². The smallest absolute Gasteiger partial charge is 0.00461 e. The third-order valence-corrected chi connectivity index (χ3v) is 2.87. The fraction of sp³-hybridized carbons (Fsp3) is 0.0667. The molecule has 0 spiro atoms. The first-order valence-corrected chi connectivity index (χ1v) is 5.67. The third-order valence-electron chi connectivity index (χ3n) is 2.59. The molecular formula is C15H14S. The first-order chi connectivity index (χ1) is 7.66. The molecule has 0 atom stereocenters. The molecule has 0 nitrogen and oxygen atoms in total. The fourth-order valence-electron chi connectivity index (χ4n) is 1.62. The van der Waals surface area contributed by atoms with Crippen LogP contribution < -0.4 is 0 Å². The Bertz CT molecular complexity index is 509. The second-order valence-corrected chi connectivity index (χ2v) is 4.41. The van der Waals surface area contributed by atoms with Crippen molar-refractivity contribution in [3.05, 3.63) is 71.8 Å². The second-order valence-electron chi connectivity index (χ2n) is 3.89. The van der Waals surface area contributed by atoms with Gasteiger partial charge in [-0.05, 0) is 35.8 Å². The zero-order valence-corrected chi connectivity index (χ0v) is 10.2. The first kappa shape index (κ1) is 11.0. The summed E-state index contributed by atoms with van der Waals surface area (Å²) in [6.45, 7) is 6.22. The van der Waals surface area contributed by atoms with Gasteiger partial charge in [0, 0.05) is 4.90 Å². The first-order valence-electron chi connectivity index (χ1n) is 5.22. The van der Waals surface area contributed by atoms with Gasteiger partial charge in [0.2, 0.25) is 0 Å². The van der Waals surface area contributed by atoms with Gasteiger partial charge >= 0.3 is 0 Å². The second kappa shape index (κ2) is 4.58. The predicted octanol–water partition coefficient (Wildman–Crippen LogP) is 4.35. The number of hydrogen-bond acceptors (Lipinski definition) is 1. The lowest BCUT2D eigenvalue weighted by atomic mass is 9.99. The number of hydrogen-bond donors (Lipinski definition) is 1. The summed E-state index contributed by atoms with van der Waals surface area (Å²) in [5.74, 6) is 0. The average Bonchev–Trinajstić information content (AvgIpc) is 2.29. The molecule has 0 bridgehead atoms. The number of thiol groups is 1. The third kappa shape index (κ3) is 2.37. The van der Waals surface area contributed by atoms with Gasteiger partial charge in [-0.25, -0.2) is 0 Å². The van der Waals surface area contributed by atoms with E-state index in [2.05, 4.69) is 56.5 Å². The highest BCUT2D eigenvalue weighted by atomic mass is 32.1. The normalized spacial score (nSPS) is 10.1. The van der Waals surface area contributed by atoms with Crippen LogP contribution in [0.4, 0.5) is 0 Å². The van der Waals surface area contributed by atoms with Crippen molar-refractivity contribution in [3.63, 3.8) is 0 Å². The molecule has 0 aromatic heterocycles. The van der Waals surface area contributed by atoms with Crippen molar-refractivity contribution in [2.45, 2.75) is 11.8 Å². The molecule has 16 heavy (non-hydrogen) atoms. The quantitative estimate of drug-likeness (QED) is 0.723. The minimum atomic E-state index is 0.964. The van der Waals surface area contributed by atoms with Gasteiger partial charge in [-0.2, -0.15) is 0 Å². The van der Waals surface area contributed by atoms with Gasteiger partial charge in [0.05, 0.1) is 0 Å². The van der Waals surface area contributed by atoms with E-state index < -0.39 is 0 Å². The van der Waals surface area contributed by atoms with Crippen LogP contribution >= 0.6 is 12.6 Å². The van der Waals surface area contributed by atoms with E-state index in [4.69, 9.17) is 0 Å². The van der Waals surface area contributed by atoms with Crippen LogP contribution in [0.15, 0.2) is 60.0 Å². The number of rotatable bonds is 2. The Kier molecular flexibility index (Phi) is 3.16. The van der Waals surface area contributed by atoms with Gasteiger partial charge < -0.3 is 0 Å². The topological polar surface area (TPSA) is 0 Å². The molecule has 1 heteroatoms. The lowest BCUT2D eigenvalue weighted by Gasteiger charge is -2.07. The summed E-state index contributed by atoms with van der Waals surface area (Å²) < 4.78 is 0. The summed E-state index contributed by atoms with van der Waals surface area (Å²) in [5, 5.41) is 0. The summed E-state index contributed by atoms with van der Waals surface area (Å²) in [7, 11) is 0. The van der Waals surface area contributed by atoms with E-state index in [9.17, 15) is 0 Å². The molecule has 80 valence electrons. The molecule has 0 aliphatic heterocycles. The molecule has 0 radical (unpaired) electrons. The lowest BCUT2D eigenvalue weighted by molar-refractivity contribution is 1.42. The summed E-state index contributed by atoms with van der Waals surface area (Å²) in [4.78, 5) is 0.964. The highest BCUT2D eigenvalue weighted by Crippen LogP contribution is 2.23. The van der Waals surface area contributed by atoms with Crippen molar-refractivity contribution in [2.24, 2.45) is 0 Å². The molecule has 0 N–H and O–H groups in total. The summed E-state index contributed by atoms with van der Waals surface area (Å²) in [6.07, 6.45) is 0. The Morgan fingerprint density at radius 1 is 1.00 bits per heavy atom. The SMILES string of the molecule is C=C(c1ccc(C)cc1)c1cccc(S)c1. The van der Waals surface area contributed by atoms with Crippen molar-refractivity contribution >= 4 is 18.2 Å². The van der Waals surface area contributed by atoms with Crippen LogP contribution in [-0.4, -0.2) is 0 Å². The maximum atomic E-state index is 4.34. The Balaban J connectivity index is 2.35. The van der Waals surface area contributed by atoms with E-state index in [0.717, 1.165) is 21.6 Å². The Labute approximate surface area is 102 Å². The molecule has 0 aliphatic rings. The average molecular weight is 226 g/mol. The van der Waals surface area contributed by atoms with Crippen molar-refractivity contribution in [3.8, 4) is 0 Å². The van der Waals surface area contributed by atoms with Crippen LogP contribution in [0.5, 0.6) is 0 Å². The predicted molar refractivity (Wildman–Crippen MR) is 73.0 cm³/mol. The largest absolute Gasteiger partial charge is 0.143 e.